The lowest BCUT2D eigenvalue weighted by Gasteiger charge is -2.07. The highest BCUT2D eigenvalue weighted by atomic mass is 16.5. The first-order chi connectivity index (χ1) is 7.69. The first-order valence-corrected chi connectivity index (χ1v) is 4.84. The third kappa shape index (κ3) is 2.10. The van der Waals surface area contributed by atoms with Crippen molar-refractivity contribution < 1.29 is 4.74 Å². The second kappa shape index (κ2) is 4.18. The molecule has 0 aliphatic rings. The number of nitrogens with two attached hydrogens (primary N) is 1. The zero-order chi connectivity index (χ0) is 11.5. The molecule has 0 aromatic carbocycles. The molecule has 0 saturated heterocycles. The van der Waals surface area contributed by atoms with Gasteiger partial charge in [-0.1, -0.05) is 0 Å². The normalized spacial score (nSPS) is 10.4. The van der Waals surface area contributed by atoms with Crippen LogP contribution >= 0.6 is 0 Å². The van der Waals surface area contributed by atoms with E-state index in [9.17, 15) is 0 Å². The Morgan fingerprint density at radius 2 is 2.25 bits per heavy atom. The summed E-state index contributed by atoms with van der Waals surface area (Å²) in [7, 11) is 1.57. The van der Waals surface area contributed by atoms with Crippen molar-refractivity contribution >= 4 is 5.69 Å². The molecule has 0 amide bonds. The predicted molar refractivity (Wildman–Crippen MR) is 59.1 cm³/mol. The summed E-state index contributed by atoms with van der Waals surface area (Å²) >= 11 is 0. The average molecular weight is 219 g/mol. The number of hydrogen-bond acceptors (Lipinski definition) is 5. The van der Waals surface area contributed by atoms with Gasteiger partial charge in [-0.2, -0.15) is 10.2 Å². The first kappa shape index (κ1) is 10.4. The quantitative estimate of drug-likeness (QED) is 0.818. The lowest BCUT2D eigenvalue weighted by Crippen LogP contribution is -2.05. The van der Waals surface area contributed by atoms with Crippen molar-refractivity contribution in [1.82, 2.24) is 20.0 Å². The largest absolute Gasteiger partial charge is 0.480 e. The van der Waals surface area contributed by atoms with Gasteiger partial charge in [0.25, 0.3) is 0 Å². The molecule has 2 aromatic rings. The molecule has 16 heavy (non-hydrogen) atoms. The van der Waals surface area contributed by atoms with E-state index in [1.54, 1.807) is 24.2 Å². The van der Waals surface area contributed by atoms with E-state index < -0.39 is 0 Å². The van der Waals surface area contributed by atoms with E-state index >= 15 is 0 Å². The van der Waals surface area contributed by atoms with Gasteiger partial charge in [0.05, 0.1) is 31.2 Å². The Balaban J connectivity index is 2.29. The minimum absolute atomic E-state index is 0.514. The molecule has 84 valence electrons. The van der Waals surface area contributed by atoms with Crippen LogP contribution in [0.2, 0.25) is 0 Å². The molecule has 0 fully saturated rings. The van der Waals surface area contributed by atoms with Gasteiger partial charge in [0.2, 0.25) is 5.88 Å². The van der Waals surface area contributed by atoms with E-state index in [0.29, 0.717) is 18.1 Å². The number of methoxy groups -OCH3 is 1. The monoisotopic (exact) mass is 219 g/mol. The molecule has 2 aromatic heterocycles. The highest BCUT2D eigenvalue weighted by Gasteiger charge is 2.07. The van der Waals surface area contributed by atoms with Gasteiger partial charge in [-0.15, -0.1) is 5.10 Å². The van der Waals surface area contributed by atoms with Crippen molar-refractivity contribution in [3.05, 3.63) is 29.7 Å². The van der Waals surface area contributed by atoms with Crippen molar-refractivity contribution in [2.45, 2.75) is 13.5 Å². The molecule has 0 atom stereocenters. The van der Waals surface area contributed by atoms with Crippen molar-refractivity contribution in [2.75, 3.05) is 12.8 Å². The minimum Gasteiger partial charge on any atom is -0.480 e. The fourth-order valence-electron chi connectivity index (χ4n) is 1.46. The molecule has 0 saturated carbocycles. The maximum absolute atomic E-state index is 5.59. The lowest BCUT2D eigenvalue weighted by atomic mass is 10.2. The Morgan fingerprint density at radius 3 is 2.88 bits per heavy atom. The molecule has 0 aliphatic carbocycles. The number of anilines is 1. The van der Waals surface area contributed by atoms with Crippen molar-refractivity contribution in [1.29, 1.82) is 0 Å². The Hall–Kier alpha value is -2.11. The molecular weight excluding hydrogens is 206 g/mol. The smallest absolute Gasteiger partial charge is 0.238 e. The summed E-state index contributed by atoms with van der Waals surface area (Å²) in [5.41, 5.74) is 8.00. The summed E-state index contributed by atoms with van der Waals surface area (Å²) in [6, 6.07) is 1.92. The Labute approximate surface area is 93.1 Å². The minimum atomic E-state index is 0.514. The molecule has 0 radical (unpaired) electrons. The van der Waals surface area contributed by atoms with E-state index in [1.165, 1.54) is 0 Å². The van der Waals surface area contributed by atoms with Gasteiger partial charge >= 0.3 is 0 Å². The zero-order valence-corrected chi connectivity index (χ0v) is 9.21. The van der Waals surface area contributed by atoms with Crippen LogP contribution in [-0.2, 0) is 6.54 Å². The Bertz CT molecular complexity index is 494. The summed E-state index contributed by atoms with van der Waals surface area (Å²) in [5.74, 6) is 0.514. The maximum atomic E-state index is 5.59. The number of ether oxygens (including phenoxy) is 1. The summed E-state index contributed by atoms with van der Waals surface area (Å²) in [5, 5.41) is 12.0. The number of aryl methyl sites for hydroxylation is 1. The molecule has 6 heteroatoms. The van der Waals surface area contributed by atoms with Gasteiger partial charge in [-0.3, -0.25) is 4.68 Å². The second-order valence-corrected chi connectivity index (χ2v) is 3.49. The Morgan fingerprint density at radius 1 is 1.44 bits per heavy atom. The molecule has 0 bridgehead atoms. The van der Waals surface area contributed by atoms with E-state index in [1.807, 2.05) is 13.0 Å². The molecule has 2 rings (SSSR count). The Kier molecular flexibility index (Phi) is 2.72. The fourth-order valence-corrected chi connectivity index (χ4v) is 1.46. The van der Waals surface area contributed by atoms with Crippen LogP contribution < -0.4 is 10.5 Å². The fraction of sp³-hybridized carbons (Fsp3) is 0.300. The van der Waals surface area contributed by atoms with Crippen molar-refractivity contribution in [3.63, 3.8) is 0 Å². The summed E-state index contributed by atoms with van der Waals surface area (Å²) in [6.07, 6.45) is 3.36. The van der Waals surface area contributed by atoms with E-state index in [2.05, 4.69) is 15.3 Å². The summed E-state index contributed by atoms with van der Waals surface area (Å²) in [4.78, 5) is 0. The molecule has 2 N–H and O–H groups in total. The first-order valence-electron chi connectivity index (χ1n) is 4.84. The number of hydrogen-bond donors (Lipinski definition) is 1. The highest BCUT2D eigenvalue weighted by Crippen LogP contribution is 2.15. The highest BCUT2D eigenvalue weighted by molar-refractivity contribution is 5.32. The molecule has 0 aliphatic heterocycles. The van der Waals surface area contributed by atoms with Gasteiger partial charge in [0.1, 0.15) is 0 Å². The van der Waals surface area contributed by atoms with Crippen LogP contribution in [0.3, 0.4) is 0 Å². The van der Waals surface area contributed by atoms with Gasteiger partial charge in [-0.25, -0.2) is 0 Å². The van der Waals surface area contributed by atoms with Crippen LogP contribution in [0.1, 0.15) is 11.3 Å². The SMILES string of the molecule is COc1nnc(C)cc1Cn1cc(N)cn1. The topological polar surface area (TPSA) is 78.9 Å². The predicted octanol–water partition coefficient (Wildman–Crippen LogP) is 0.621. The van der Waals surface area contributed by atoms with Gasteiger partial charge < -0.3 is 10.5 Å². The zero-order valence-electron chi connectivity index (χ0n) is 9.21. The van der Waals surface area contributed by atoms with Crippen LogP contribution in [0, 0.1) is 6.92 Å². The number of aromatic nitrogens is 4. The van der Waals surface area contributed by atoms with Gasteiger partial charge in [0.15, 0.2) is 0 Å². The molecule has 2 heterocycles. The maximum Gasteiger partial charge on any atom is 0.238 e. The second-order valence-electron chi connectivity index (χ2n) is 3.49. The number of nitrogens with zero attached hydrogens (tertiary/aromatic N) is 4. The number of nitrogen functional groups attached to an aromatic ring is 1. The van der Waals surface area contributed by atoms with Crippen LogP contribution in [0.15, 0.2) is 18.5 Å². The molecule has 6 nitrogen and oxygen atoms in total. The summed E-state index contributed by atoms with van der Waals surface area (Å²) < 4.78 is 6.86. The van der Waals surface area contributed by atoms with Crippen molar-refractivity contribution in [2.24, 2.45) is 0 Å². The molecule has 0 spiro atoms. The van der Waals surface area contributed by atoms with Gasteiger partial charge in [-0.05, 0) is 13.0 Å². The van der Waals surface area contributed by atoms with E-state index in [-0.39, 0.29) is 0 Å². The van der Waals surface area contributed by atoms with E-state index in [0.717, 1.165) is 11.3 Å². The third-order valence-electron chi connectivity index (χ3n) is 2.14. The summed E-state index contributed by atoms with van der Waals surface area (Å²) in [6.45, 7) is 2.45. The van der Waals surface area contributed by atoms with E-state index in [4.69, 9.17) is 10.5 Å². The lowest BCUT2D eigenvalue weighted by molar-refractivity contribution is 0.383. The standard InChI is InChI=1S/C10H13N5O/c1-7-3-8(10(16-2)14-13-7)5-15-6-9(11)4-12-15/h3-4,6H,5,11H2,1-2H3. The molecule has 0 unspecified atom stereocenters. The average Bonchev–Trinajstić information content (AvgIpc) is 2.64. The van der Waals surface area contributed by atoms with Crippen LogP contribution in [0.25, 0.3) is 0 Å². The number of rotatable bonds is 3. The van der Waals surface area contributed by atoms with Crippen LogP contribution in [0.5, 0.6) is 5.88 Å². The van der Waals surface area contributed by atoms with Crippen molar-refractivity contribution in [3.8, 4) is 5.88 Å². The molecular formula is C10H13N5O. The third-order valence-corrected chi connectivity index (χ3v) is 2.14. The van der Waals surface area contributed by atoms with Crippen LogP contribution in [0.4, 0.5) is 5.69 Å². The van der Waals surface area contributed by atoms with Crippen LogP contribution in [-0.4, -0.2) is 27.1 Å². The van der Waals surface area contributed by atoms with Gasteiger partial charge in [0, 0.05) is 11.8 Å².